The van der Waals surface area contributed by atoms with Crippen LogP contribution in [0.1, 0.15) is 30.4 Å². The van der Waals surface area contributed by atoms with Crippen molar-refractivity contribution in [3.63, 3.8) is 0 Å². The summed E-state index contributed by atoms with van der Waals surface area (Å²) in [6.45, 7) is 1.43. The second-order valence-corrected chi connectivity index (χ2v) is 4.97. The molecule has 2 rings (SSSR count). The molecule has 2 N–H and O–H groups in total. The first kappa shape index (κ1) is 13.0. The normalized spacial score (nSPS) is 16.3. The van der Waals surface area contributed by atoms with Crippen molar-refractivity contribution >= 4 is 0 Å². The van der Waals surface area contributed by atoms with Crippen LogP contribution in [0.3, 0.4) is 0 Å². The SMILES string of the molecule is N#Cc1cccc(CNCC2(CCO)CC2)c1F. The first-order valence-corrected chi connectivity index (χ1v) is 6.20. The van der Waals surface area contributed by atoms with Crippen LogP contribution in [0.5, 0.6) is 0 Å². The second kappa shape index (κ2) is 5.47. The maximum atomic E-state index is 13.8. The van der Waals surface area contributed by atoms with Gasteiger partial charge >= 0.3 is 0 Å². The monoisotopic (exact) mass is 248 g/mol. The Labute approximate surface area is 106 Å². The van der Waals surface area contributed by atoms with Crippen LogP contribution in [-0.4, -0.2) is 18.3 Å². The van der Waals surface area contributed by atoms with Gasteiger partial charge in [0.15, 0.2) is 0 Å². The van der Waals surface area contributed by atoms with Gasteiger partial charge < -0.3 is 10.4 Å². The first-order valence-electron chi connectivity index (χ1n) is 6.20. The molecule has 1 aromatic carbocycles. The molecule has 0 unspecified atom stereocenters. The number of nitrogens with one attached hydrogen (secondary N) is 1. The van der Waals surface area contributed by atoms with Crippen molar-refractivity contribution in [2.75, 3.05) is 13.2 Å². The molecule has 1 aliphatic carbocycles. The fraction of sp³-hybridized carbons (Fsp3) is 0.500. The summed E-state index contributed by atoms with van der Waals surface area (Å²) in [5.74, 6) is -0.431. The van der Waals surface area contributed by atoms with Crippen LogP contribution in [0.4, 0.5) is 4.39 Å². The predicted octanol–water partition coefficient (Wildman–Crippen LogP) is 1.95. The summed E-state index contributed by atoms with van der Waals surface area (Å²) in [6.07, 6.45) is 3.06. The van der Waals surface area contributed by atoms with Gasteiger partial charge in [-0.3, -0.25) is 0 Å². The number of halogens is 1. The summed E-state index contributed by atoms with van der Waals surface area (Å²) in [7, 11) is 0. The second-order valence-electron chi connectivity index (χ2n) is 4.97. The predicted molar refractivity (Wildman–Crippen MR) is 66.2 cm³/mol. The molecule has 0 spiro atoms. The van der Waals surface area contributed by atoms with Crippen molar-refractivity contribution in [2.45, 2.75) is 25.8 Å². The molecule has 0 bridgehead atoms. The third kappa shape index (κ3) is 2.87. The van der Waals surface area contributed by atoms with Gasteiger partial charge in [-0.25, -0.2) is 4.39 Å². The van der Waals surface area contributed by atoms with Crippen LogP contribution in [-0.2, 0) is 6.54 Å². The minimum atomic E-state index is -0.431. The Morgan fingerprint density at radius 2 is 2.22 bits per heavy atom. The van der Waals surface area contributed by atoms with E-state index in [-0.39, 0.29) is 17.6 Å². The van der Waals surface area contributed by atoms with E-state index in [1.807, 2.05) is 6.07 Å². The van der Waals surface area contributed by atoms with Crippen LogP contribution in [0.15, 0.2) is 18.2 Å². The first-order chi connectivity index (χ1) is 8.71. The summed E-state index contributed by atoms with van der Waals surface area (Å²) in [5, 5.41) is 20.9. The maximum Gasteiger partial charge on any atom is 0.145 e. The number of nitriles is 1. The standard InChI is InChI=1S/C14H17FN2O/c15-13-11(8-16)2-1-3-12(13)9-17-10-14(4-5-14)6-7-18/h1-3,17-18H,4-7,9-10H2. The fourth-order valence-electron chi connectivity index (χ4n) is 2.19. The highest BCUT2D eigenvalue weighted by Gasteiger charge is 2.41. The molecule has 3 nitrogen and oxygen atoms in total. The van der Waals surface area contributed by atoms with Gasteiger partial charge in [-0.1, -0.05) is 12.1 Å². The third-order valence-electron chi connectivity index (χ3n) is 3.61. The molecule has 1 aromatic rings. The van der Waals surface area contributed by atoms with Gasteiger partial charge in [0.1, 0.15) is 11.9 Å². The number of hydrogen-bond donors (Lipinski definition) is 2. The van der Waals surface area contributed by atoms with E-state index in [0.717, 1.165) is 25.8 Å². The van der Waals surface area contributed by atoms with Crippen LogP contribution in [0, 0.1) is 22.6 Å². The number of aliphatic hydroxyl groups is 1. The molecule has 0 aliphatic heterocycles. The van der Waals surface area contributed by atoms with E-state index >= 15 is 0 Å². The van der Waals surface area contributed by atoms with E-state index in [1.54, 1.807) is 12.1 Å². The van der Waals surface area contributed by atoms with E-state index in [9.17, 15) is 4.39 Å². The van der Waals surface area contributed by atoms with Crippen molar-refractivity contribution in [3.8, 4) is 6.07 Å². The lowest BCUT2D eigenvalue weighted by atomic mass is 10.0. The zero-order valence-electron chi connectivity index (χ0n) is 10.2. The lowest BCUT2D eigenvalue weighted by Gasteiger charge is -2.14. The van der Waals surface area contributed by atoms with Crippen LogP contribution >= 0.6 is 0 Å². The molecule has 96 valence electrons. The summed E-state index contributed by atoms with van der Waals surface area (Å²) in [6, 6.07) is 6.70. The topological polar surface area (TPSA) is 56.0 Å². The van der Waals surface area contributed by atoms with Crippen molar-refractivity contribution < 1.29 is 9.50 Å². The Hall–Kier alpha value is -1.44. The quantitative estimate of drug-likeness (QED) is 0.809. The molecule has 1 saturated carbocycles. The summed E-state index contributed by atoms with van der Waals surface area (Å²) in [5.41, 5.74) is 0.831. The largest absolute Gasteiger partial charge is 0.396 e. The summed E-state index contributed by atoms with van der Waals surface area (Å²) >= 11 is 0. The molecule has 1 aliphatic rings. The number of aliphatic hydroxyl groups excluding tert-OH is 1. The number of nitrogens with zero attached hydrogens (tertiary/aromatic N) is 1. The van der Waals surface area contributed by atoms with E-state index in [4.69, 9.17) is 10.4 Å². The molecule has 0 heterocycles. The van der Waals surface area contributed by atoms with Gasteiger partial charge in [-0.15, -0.1) is 0 Å². The molecule has 0 saturated heterocycles. The Morgan fingerprint density at radius 3 is 2.83 bits per heavy atom. The lowest BCUT2D eigenvalue weighted by molar-refractivity contribution is 0.245. The maximum absolute atomic E-state index is 13.8. The molecular formula is C14H17FN2O. The minimum Gasteiger partial charge on any atom is -0.396 e. The number of rotatable bonds is 6. The van der Waals surface area contributed by atoms with Crippen molar-refractivity contribution in [2.24, 2.45) is 5.41 Å². The molecule has 18 heavy (non-hydrogen) atoms. The van der Waals surface area contributed by atoms with E-state index in [2.05, 4.69) is 5.32 Å². The van der Waals surface area contributed by atoms with Gasteiger partial charge in [0.25, 0.3) is 0 Å². The average Bonchev–Trinajstić information content (AvgIpc) is 3.12. The molecule has 0 radical (unpaired) electrons. The Balaban J connectivity index is 1.89. The lowest BCUT2D eigenvalue weighted by Crippen LogP contribution is -2.24. The Morgan fingerprint density at radius 1 is 1.44 bits per heavy atom. The molecule has 1 fully saturated rings. The zero-order chi connectivity index (χ0) is 13.0. The van der Waals surface area contributed by atoms with Gasteiger partial charge in [0.2, 0.25) is 0 Å². The molecule has 0 aromatic heterocycles. The van der Waals surface area contributed by atoms with E-state index < -0.39 is 5.82 Å². The fourth-order valence-corrected chi connectivity index (χ4v) is 2.19. The van der Waals surface area contributed by atoms with Gasteiger partial charge in [0.05, 0.1) is 5.56 Å². The van der Waals surface area contributed by atoms with Crippen molar-refractivity contribution in [3.05, 3.63) is 35.1 Å². The molecular weight excluding hydrogens is 231 g/mol. The highest BCUT2D eigenvalue weighted by molar-refractivity contribution is 5.34. The van der Waals surface area contributed by atoms with E-state index in [0.29, 0.717) is 12.1 Å². The van der Waals surface area contributed by atoms with E-state index in [1.165, 1.54) is 6.07 Å². The summed E-state index contributed by atoms with van der Waals surface area (Å²) < 4.78 is 13.8. The number of hydrogen-bond acceptors (Lipinski definition) is 3. The Bertz CT molecular complexity index is 463. The number of benzene rings is 1. The molecule has 4 heteroatoms. The van der Waals surface area contributed by atoms with Gasteiger partial charge in [-0.05, 0) is 30.7 Å². The van der Waals surface area contributed by atoms with Crippen LogP contribution in [0.25, 0.3) is 0 Å². The van der Waals surface area contributed by atoms with Gasteiger partial charge in [0, 0.05) is 25.3 Å². The van der Waals surface area contributed by atoms with Crippen molar-refractivity contribution in [1.29, 1.82) is 5.26 Å². The summed E-state index contributed by atoms with van der Waals surface area (Å²) in [4.78, 5) is 0. The molecule has 0 atom stereocenters. The highest BCUT2D eigenvalue weighted by Crippen LogP contribution is 2.47. The molecule has 0 amide bonds. The minimum absolute atomic E-state index is 0.0887. The average molecular weight is 248 g/mol. The Kier molecular flexibility index (Phi) is 3.95. The highest BCUT2D eigenvalue weighted by atomic mass is 19.1. The van der Waals surface area contributed by atoms with Gasteiger partial charge in [-0.2, -0.15) is 5.26 Å². The zero-order valence-corrected chi connectivity index (χ0v) is 10.2. The smallest absolute Gasteiger partial charge is 0.145 e. The van der Waals surface area contributed by atoms with Crippen LogP contribution < -0.4 is 5.32 Å². The third-order valence-corrected chi connectivity index (χ3v) is 3.61. The van der Waals surface area contributed by atoms with Crippen molar-refractivity contribution in [1.82, 2.24) is 5.32 Å². The van der Waals surface area contributed by atoms with Crippen LogP contribution in [0.2, 0.25) is 0 Å².